The molecule has 2 aromatic rings. The number of aliphatic hydroxyl groups is 1. The van der Waals surface area contributed by atoms with Gasteiger partial charge in [0, 0.05) is 11.8 Å². The summed E-state index contributed by atoms with van der Waals surface area (Å²) < 4.78 is 5.33. The zero-order chi connectivity index (χ0) is 15.9. The van der Waals surface area contributed by atoms with Gasteiger partial charge in [0.2, 0.25) is 0 Å². The summed E-state index contributed by atoms with van der Waals surface area (Å²) in [5.41, 5.74) is 2.47. The summed E-state index contributed by atoms with van der Waals surface area (Å²) in [6.45, 7) is 4.54. The highest BCUT2D eigenvalue weighted by Crippen LogP contribution is 2.28. The molecule has 4 heteroatoms. The number of aromatic hydroxyl groups is 1. The first-order valence-corrected chi connectivity index (χ1v) is 7.31. The topological polar surface area (TPSA) is 62.0 Å². The molecule has 4 nitrogen and oxygen atoms in total. The van der Waals surface area contributed by atoms with Crippen LogP contribution in [-0.2, 0) is 0 Å². The zero-order valence-electron chi connectivity index (χ0n) is 12.9. The molecule has 0 saturated carbocycles. The van der Waals surface area contributed by atoms with Crippen LogP contribution >= 0.6 is 0 Å². The zero-order valence-corrected chi connectivity index (χ0v) is 12.9. The lowest BCUT2D eigenvalue weighted by molar-refractivity contribution is 0.187. The predicted octanol–water partition coefficient (Wildman–Crippen LogP) is 3.25. The summed E-state index contributed by atoms with van der Waals surface area (Å²) in [4.78, 5) is 4.23. The number of para-hydroxylation sites is 1. The molecule has 1 atom stereocenters. The van der Waals surface area contributed by atoms with Gasteiger partial charge in [-0.15, -0.1) is 0 Å². The Bertz CT molecular complexity index is 653. The van der Waals surface area contributed by atoms with Crippen molar-refractivity contribution >= 4 is 6.21 Å². The molecule has 0 amide bonds. The minimum Gasteiger partial charge on any atom is -0.504 e. The molecule has 22 heavy (non-hydrogen) atoms. The second-order valence-corrected chi connectivity index (χ2v) is 4.99. The third-order valence-electron chi connectivity index (χ3n) is 3.39. The Labute approximate surface area is 130 Å². The van der Waals surface area contributed by atoms with Crippen molar-refractivity contribution in [2.45, 2.75) is 20.0 Å². The standard InChI is InChI=1S/C18H21NO3/c1-3-22-17-10-6-8-14(18(17)21)11-19-12-16(20)15-9-5-4-7-13(15)2/h4-11,16,20-21H,3,12H2,1-2H3. The van der Waals surface area contributed by atoms with Crippen LogP contribution < -0.4 is 4.74 Å². The Balaban J connectivity index is 2.07. The monoisotopic (exact) mass is 299 g/mol. The van der Waals surface area contributed by atoms with E-state index in [1.807, 2.05) is 38.1 Å². The molecule has 2 aromatic carbocycles. The molecule has 0 saturated heterocycles. The van der Waals surface area contributed by atoms with Crippen LogP contribution in [0.5, 0.6) is 11.5 Å². The van der Waals surface area contributed by atoms with Gasteiger partial charge in [0.1, 0.15) is 0 Å². The van der Waals surface area contributed by atoms with Crippen molar-refractivity contribution in [3.63, 3.8) is 0 Å². The smallest absolute Gasteiger partial charge is 0.166 e. The molecule has 0 aliphatic heterocycles. The molecule has 2 rings (SSSR count). The number of benzene rings is 2. The van der Waals surface area contributed by atoms with Gasteiger partial charge in [0.25, 0.3) is 0 Å². The highest BCUT2D eigenvalue weighted by Gasteiger charge is 2.09. The van der Waals surface area contributed by atoms with Crippen LogP contribution in [0.15, 0.2) is 47.5 Å². The number of aliphatic hydroxyl groups excluding tert-OH is 1. The van der Waals surface area contributed by atoms with Crippen LogP contribution in [0.1, 0.15) is 29.7 Å². The minimum atomic E-state index is -0.658. The molecule has 1 unspecified atom stereocenters. The average Bonchev–Trinajstić information content (AvgIpc) is 2.51. The fourth-order valence-electron chi connectivity index (χ4n) is 2.23. The normalized spacial score (nSPS) is 12.5. The summed E-state index contributed by atoms with van der Waals surface area (Å²) in [7, 11) is 0. The van der Waals surface area contributed by atoms with Crippen LogP contribution in [0.4, 0.5) is 0 Å². The lowest BCUT2D eigenvalue weighted by Crippen LogP contribution is -2.04. The van der Waals surface area contributed by atoms with Crippen molar-refractivity contribution in [3.8, 4) is 11.5 Å². The highest BCUT2D eigenvalue weighted by atomic mass is 16.5. The largest absolute Gasteiger partial charge is 0.504 e. The molecule has 2 N–H and O–H groups in total. The summed E-state index contributed by atoms with van der Waals surface area (Å²) in [6, 6.07) is 12.9. The van der Waals surface area contributed by atoms with E-state index in [2.05, 4.69) is 4.99 Å². The van der Waals surface area contributed by atoms with E-state index < -0.39 is 6.10 Å². The third kappa shape index (κ3) is 3.86. The Morgan fingerprint density at radius 1 is 1.18 bits per heavy atom. The van der Waals surface area contributed by atoms with Gasteiger partial charge in [-0.25, -0.2) is 0 Å². The SMILES string of the molecule is CCOc1cccc(C=NCC(O)c2ccccc2C)c1O. The van der Waals surface area contributed by atoms with Crippen molar-refractivity contribution in [1.82, 2.24) is 0 Å². The Hall–Kier alpha value is -2.33. The maximum Gasteiger partial charge on any atom is 0.166 e. The molecule has 0 bridgehead atoms. The van der Waals surface area contributed by atoms with Crippen LogP contribution in [0.25, 0.3) is 0 Å². The van der Waals surface area contributed by atoms with Gasteiger partial charge in [-0.05, 0) is 37.1 Å². The second kappa shape index (κ2) is 7.61. The molecule has 0 aromatic heterocycles. The molecule has 0 aliphatic rings. The second-order valence-electron chi connectivity index (χ2n) is 4.99. The fourth-order valence-corrected chi connectivity index (χ4v) is 2.23. The highest BCUT2D eigenvalue weighted by molar-refractivity contribution is 5.84. The molecule has 0 radical (unpaired) electrons. The van der Waals surface area contributed by atoms with Crippen LogP contribution in [0.2, 0.25) is 0 Å². The first-order valence-electron chi connectivity index (χ1n) is 7.31. The summed E-state index contributed by atoms with van der Waals surface area (Å²) in [5.74, 6) is 0.504. The number of aryl methyl sites for hydroxylation is 1. The quantitative estimate of drug-likeness (QED) is 0.805. The molecule has 0 spiro atoms. The van der Waals surface area contributed by atoms with Gasteiger partial charge in [0.15, 0.2) is 11.5 Å². The average molecular weight is 299 g/mol. The molecule has 116 valence electrons. The Kier molecular flexibility index (Phi) is 5.55. The number of hydrogen-bond donors (Lipinski definition) is 2. The lowest BCUT2D eigenvalue weighted by Gasteiger charge is -2.11. The first-order chi connectivity index (χ1) is 10.6. The Morgan fingerprint density at radius 2 is 1.95 bits per heavy atom. The molecular weight excluding hydrogens is 278 g/mol. The van der Waals surface area contributed by atoms with Gasteiger partial charge >= 0.3 is 0 Å². The van der Waals surface area contributed by atoms with Gasteiger partial charge in [-0.3, -0.25) is 4.99 Å². The van der Waals surface area contributed by atoms with E-state index in [0.717, 1.165) is 11.1 Å². The number of rotatable bonds is 6. The van der Waals surface area contributed by atoms with Crippen LogP contribution in [0.3, 0.4) is 0 Å². The minimum absolute atomic E-state index is 0.0680. The van der Waals surface area contributed by atoms with Crippen LogP contribution in [0, 0.1) is 6.92 Å². The number of phenols is 1. The van der Waals surface area contributed by atoms with Gasteiger partial charge in [-0.1, -0.05) is 30.3 Å². The molecular formula is C18H21NO3. The number of nitrogens with zero attached hydrogens (tertiary/aromatic N) is 1. The van der Waals surface area contributed by atoms with E-state index in [-0.39, 0.29) is 12.3 Å². The van der Waals surface area contributed by atoms with Gasteiger partial charge in [-0.2, -0.15) is 0 Å². The predicted molar refractivity (Wildman–Crippen MR) is 87.9 cm³/mol. The van der Waals surface area contributed by atoms with Crippen molar-refractivity contribution in [3.05, 3.63) is 59.2 Å². The van der Waals surface area contributed by atoms with E-state index in [4.69, 9.17) is 4.74 Å². The van der Waals surface area contributed by atoms with E-state index in [0.29, 0.717) is 17.9 Å². The molecule has 0 heterocycles. The van der Waals surface area contributed by atoms with E-state index in [1.165, 1.54) is 0 Å². The van der Waals surface area contributed by atoms with E-state index >= 15 is 0 Å². The van der Waals surface area contributed by atoms with Crippen molar-refractivity contribution in [1.29, 1.82) is 0 Å². The number of hydrogen-bond acceptors (Lipinski definition) is 4. The van der Waals surface area contributed by atoms with E-state index in [9.17, 15) is 10.2 Å². The van der Waals surface area contributed by atoms with Crippen molar-refractivity contribution in [2.24, 2.45) is 4.99 Å². The third-order valence-corrected chi connectivity index (χ3v) is 3.39. The van der Waals surface area contributed by atoms with Gasteiger partial charge in [0.05, 0.1) is 19.3 Å². The summed E-state index contributed by atoms with van der Waals surface area (Å²) in [6.07, 6.45) is 0.897. The maximum atomic E-state index is 10.2. The number of ether oxygens (including phenoxy) is 1. The molecule has 0 fully saturated rings. The molecule has 0 aliphatic carbocycles. The van der Waals surface area contributed by atoms with Crippen molar-refractivity contribution < 1.29 is 14.9 Å². The maximum absolute atomic E-state index is 10.2. The fraction of sp³-hybridized carbons (Fsp3) is 0.278. The number of aliphatic imine (C=N–C) groups is 1. The van der Waals surface area contributed by atoms with Gasteiger partial charge < -0.3 is 14.9 Å². The van der Waals surface area contributed by atoms with E-state index in [1.54, 1.807) is 24.4 Å². The summed E-state index contributed by atoms with van der Waals surface area (Å²) in [5, 5.41) is 20.3. The Morgan fingerprint density at radius 3 is 2.68 bits per heavy atom. The summed E-state index contributed by atoms with van der Waals surface area (Å²) >= 11 is 0. The van der Waals surface area contributed by atoms with Crippen molar-refractivity contribution in [2.75, 3.05) is 13.2 Å². The number of phenolic OH excluding ortho intramolecular Hbond substituents is 1. The van der Waals surface area contributed by atoms with Crippen LogP contribution in [-0.4, -0.2) is 29.6 Å². The first kappa shape index (κ1) is 16.0. The lowest BCUT2D eigenvalue weighted by atomic mass is 10.0.